The number of aromatic nitrogens is 1. The van der Waals surface area contributed by atoms with Crippen molar-refractivity contribution in [1.29, 1.82) is 0 Å². The highest BCUT2D eigenvalue weighted by molar-refractivity contribution is 7.98. The number of thioether (sulfide) groups is 1. The molecule has 1 aliphatic rings. The van der Waals surface area contributed by atoms with E-state index in [-0.39, 0.29) is 24.2 Å². The molecule has 0 spiro atoms. The van der Waals surface area contributed by atoms with Crippen molar-refractivity contribution >= 4 is 35.0 Å². The molecular weight excluding hydrogens is 394 g/mol. The molecule has 0 bridgehead atoms. The number of pyridine rings is 1. The highest BCUT2D eigenvalue weighted by Gasteiger charge is 2.35. The van der Waals surface area contributed by atoms with Crippen molar-refractivity contribution in [3.8, 4) is 11.1 Å². The number of nitrogens with zero attached hydrogens (tertiary/aromatic N) is 2. The Balaban J connectivity index is 1.48. The average Bonchev–Trinajstić information content (AvgIpc) is 3.17. The Hall–Kier alpha value is -3.12. The van der Waals surface area contributed by atoms with E-state index in [1.54, 1.807) is 29.1 Å². The van der Waals surface area contributed by atoms with Crippen molar-refractivity contribution in [2.75, 3.05) is 23.0 Å². The van der Waals surface area contributed by atoms with E-state index in [1.165, 1.54) is 0 Å². The minimum atomic E-state index is -0.373. The second kappa shape index (κ2) is 8.71. The van der Waals surface area contributed by atoms with E-state index in [9.17, 15) is 9.59 Å². The molecule has 0 saturated carbocycles. The largest absolute Gasteiger partial charge is 0.326 e. The lowest BCUT2D eigenvalue weighted by molar-refractivity contribution is -0.122. The Kier molecular flexibility index (Phi) is 5.86. The van der Waals surface area contributed by atoms with Crippen LogP contribution in [0.1, 0.15) is 12.0 Å². The first-order chi connectivity index (χ1) is 14.5. The number of carbonyl (C=O) groups excluding carboxylic acids is 2. The minimum Gasteiger partial charge on any atom is -0.326 e. The quantitative estimate of drug-likeness (QED) is 0.608. The number of carbonyl (C=O) groups is 2. The van der Waals surface area contributed by atoms with Crippen LogP contribution in [0, 0.1) is 12.8 Å². The molecular formula is C24H23N3O2S. The molecule has 1 unspecified atom stereocenters. The molecule has 5 nitrogen and oxygen atoms in total. The number of anilines is 2. The van der Waals surface area contributed by atoms with Gasteiger partial charge in [0, 0.05) is 41.6 Å². The third-order valence-electron chi connectivity index (χ3n) is 5.39. The van der Waals surface area contributed by atoms with Crippen LogP contribution in [0.4, 0.5) is 11.4 Å². The number of hydrogen-bond donors (Lipinski definition) is 1. The van der Waals surface area contributed by atoms with Gasteiger partial charge < -0.3 is 10.2 Å². The zero-order valence-electron chi connectivity index (χ0n) is 17.0. The number of amides is 2. The van der Waals surface area contributed by atoms with E-state index in [2.05, 4.69) is 10.3 Å². The molecule has 152 valence electrons. The predicted octanol–water partition coefficient (Wildman–Crippen LogP) is 4.77. The average molecular weight is 418 g/mol. The highest BCUT2D eigenvalue weighted by atomic mass is 32.2. The Morgan fingerprint density at radius 3 is 2.50 bits per heavy atom. The monoisotopic (exact) mass is 417 g/mol. The molecule has 1 aliphatic heterocycles. The molecule has 30 heavy (non-hydrogen) atoms. The van der Waals surface area contributed by atoms with Crippen LogP contribution >= 0.6 is 11.8 Å². The third-order valence-corrected chi connectivity index (χ3v) is 6.13. The van der Waals surface area contributed by atoms with Gasteiger partial charge in [-0.15, -0.1) is 11.8 Å². The highest BCUT2D eigenvalue weighted by Crippen LogP contribution is 2.29. The van der Waals surface area contributed by atoms with Crippen LogP contribution in [0.2, 0.25) is 0 Å². The summed E-state index contributed by atoms with van der Waals surface area (Å²) in [6.45, 7) is 2.36. The number of rotatable bonds is 5. The van der Waals surface area contributed by atoms with E-state index >= 15 is 0 Å². The maximum atomic E-state index is 12.9. The summed E-state index contributed by atoms with van der Waals surface area (Å²) in [6.07, 6.45) is 5.73. The topological polar surface area (TPSA) is 62.3 Å². The van der Waals surface area contributed by atoms with Crippen LogP contribution in [0.25, 0.3) is 11.1 Å². The number of benzene rings is 2. The summed E-state index contributed by atoms with van der Waals surface area (Å²) in [6, 6.07) is 17.7. The molecule has 1 atom stereocenters. The molecule has 1 aromatic heterocycles. The van der Waals surface area contributed by atoms with Gasteiger partial charge in [0.25, 0.3) is 0 Å². The fraction of sp³-hybridized carbons (Fsp3) is 0.208. The maximum Gasteiger partial charge on any atom is 0.229 e. The van der Waals surface area contributed by atoms with Crippen LogP contribution in [0.5, 0.6) is 0 Å². The summed E-state index contributed by atoms with van der Waals surface area (Å²) in [5.74, 6) is -0.516. The summed E-state index contributed by atoms with van der Waals surface area (Å²) in [5.41, 5.74) is 4.64. The fourth-order valence-corrected chi connectivity index (χ4v) is 4.02. The fourth-order valence-electron chi connectivity index (χ4n) is 3.61. The first-order valence-electron chi connectivity index (χ1n) is 9.81. The van der Waals surface area contributed by atoms with E-state index in [4.69, 9.17) is 0 Å². The zero-order chi connectivity index (χ0) is 21.1. The van der Waals surface area contributed by atoms with Gasteiger partial charge in [-0.2, -0.15) is 0 Å². The standard InChI is InChI=1S/C24H23N3O2S/c1-16-3-4-18(17-9-11-25-12-10-17)13-22(16)26-24(29)19-14-23(28)27(15-19)20-5-7-21(30-2)8-6-20/h3-13,19H,14-15H2,1-2H3,(H,26,29). The molecule has 4 rings (SSSR count). The van der Waals surface area contributed by atoms with E-state index < -0.39 is 0 Å². The van der Waals surface area contributed by atoms with Crippen molar-refractivity contribution in [3.63, 3.8) is 0 Å². The first kappa shape index (κ1) is 20.2. The van der Waals surface area contributed by atoms with Gasteiger partial charge in [0.15, 0.2) is 0 Å². The van der Waals surface area contributed by atoms with Gasteiger partial charge in [0.1, 0.15) is 0 Å². The Morgan fingerprint density at radius 1 is 1.07 bits per heavy atom. The van der Waals surface area contributed by atoms with Crippen molar-refractivity contribution in [2.45, 2.75) is 18.2 Å². The minimum absolute atomic E-state index is 0.0192. The van der Waals surface area contributed by atoms with Gasteiger partial charge in [0.05, 0.1) is 5.92 Å². The third kappa shape index (κ3) is 4.24. The van der Waals surface area contributed by atoms with Gasteiger partial charge in [-0.3, -0.25) is 14.6 Å². The lowest BCUT2D eigenvalue weighted by Gasteiger charge is -2.17. The maximum absolute atomic E-state index is 12.9. The molecule has 2 heterocycles. The lowest BCUT2D eigenvalue weighted by Crippen LogP contribution is -2.28. The SMILES string of the molecule is CSc1ccc(N2CC(C(=O)Nc3cc(-c4ccncc4)ccc3C)CC2=O)cc1. The summed E-state index contributed by atoms with van der Waals surface area (Å²) in [7, 11) is 0. The molecule has 6 heteroatoms. The Morgan fingerprint density at radius 2 is 1.80 bits per heavy atom. The Labute approximate surface area is 180 Å². The van der Waals surface area contributed by atoms with Crippen molar-refractivity contribution in [3.05, 3.63) is 72.6 Å². The summed E-state index contributed by atoms with van der Waals surface area (Å²) >= 11 is 1.66. The molecule has 1 N–H and O–H groups in total. The van der Waals surface area contributed by atoms with E-state index in [0.717, 1.165) is 33.0 Å². The number of hydrogen-bond acceptors (Lipinski definition) is 4. The summed E-state index contributed by atoms with van der Waals surface area (Å²) in [4.78, 5) is 32.4. The molecule has 1 saturated heterocycles. The summed E-state index contributed by atoms with van der Waals surface area (Å²) < 4.78 is 0. The van der Waals surface area contributed by atoms with E-state index in [0.29, 0.717) is 6.54 Å². The second-order valence-electron chi connectivity index (χ2n) is 7.36. The van der Waals surface area contributed by atoms with Gasteiger partial charge in [-0.05, 0) is 72.3 Å². The molecule has 2 aromatic carbocycles. The Bertz CT molecular complexity index is 1070. The molecule has 1 fully saturated rings. The van der Waals surface area contributed by atoms with Crippen molar-refractivity contribution < 1.29 is 9.59 Å². The molecule has 0 radical (unpaired) electrons. The summed E-state index contributed by atoms with van der Waals surface area (Å²) in [5, 5.41) is 3.04. The van der Waals surface area contributed by atoms with Crippen LogP contribution in [-0.4, -0.2) is 29.6 Å². The van der Waals surface area contributed by atoms with Gasteiger partial charge in [-0.1, -0.05) is 12.1 Å². The van der Waals surface area contributed by atoms with Crippen molar-refractivity contribution in [2.24, 2.45) is 5.92 Å². The number of aryl methyl sites for hydroxylation is 1. The van der Waals surface area contributed by atoms with Crippen LogP contribution in [0.3, 0.4) is 0 Å². The second-order valence-corrected chi connectivity index (χ2v) is 8.24. The number of nitrogens with one attached hydrogen (secondary N) is 1. The predicted molar refractivity (Wildman–Crippen MR) is 122 cm³/mol. The lowest BCUT2D eigenvalue weighted by atomic mass is 10.0. The normalized spacial score (nSPS) is 16.0. The van der Waals surface area contributed by atoms with Crippen LogP contribution < -0.4 is 10.2 Å². The van der Waals surface area contributed by atoms with E-state index in [1.807, 2.05) is 67.8 Å². The first-order valence-corrected chi connectivity index (χ1v) is 11.0. The van der Waals surface area contributed by atoms with Crippen LogP contribution in [-0.2, 0) is 9.59 Å². The smallest absolute Gasteiger partial charge is 0.229 e. The van der Waals surface area contributed by atoms with Gasteiger partial charge in [0.2, 0.25) is 11.8 Å². The molecule has 2 amide bonds. The van der Waals surface area contributed by atoms with Gasteiger partial charge >= 0.3 is 0 Å². The van der Waals surface area contributed by atoms with Crippen molar-refractivity contribution in [1.82, 2.24) is 4.98 Å². The molecule has 0 aliphatic carbocycles. The zero-order valence-corrected chi connectivity index (χ0v) is 17.8. The van der Waals surface area contributed by atoms with Crippen LogP contribution in [0.15, 0.2) is 71.9 Å². The van der Waals surface area contributed by atoms with Gasteiger partial charge in [-0.25, -0.2) is 0 Å². The molecule has 3 aromatic rings.